The summed E-state index contributed by atoms with van der Waals surface area (Å²) in [5.41, 5.74) is 0.301. The van der Waals surface area contributed by atoms with Gasteiger partial charge in [-0.3, -0.25) is 15.0 Å². The molecule has 4 heterocycles. The lowest BCUT2D eigenvalue weighted by atomic mass is 10.1. The Morgan fingerprint density at radius 3 is 2.78 bits per heavy atom. The van der Waals surface area contributed by atoms with Crippen molar-refractivity contribution >= 4 is 29.4 Å². The zero-order chi connectivity index (χ0) is 26.0. The number of carbonyl (C=O) groups is 2. The van der Waals surface area contributed by atoms with Crippen LogP contribution in [0.3, 0.4) is 0 Å². The molecule has 194 valence electrons. The van der Waals surface area contributed by atoms with Crippen LogP contribution in [0.1, 0.15) is 23.8 Å². The van der Waals surface area contributed by atoms with Crippen molar-refractivity contribution in [1.29, 1.82) is 0 Å². The van der Waals surface area contributed by atoms with E-state index in [1.165, 1.54) is 23.2 Å². The Morgan fingerprint density at radius 1 is 1.28 bits per heavy atom. The summed E-state index contributed by atoms with van der Waals surface area (Å²) in [6.07, 6.45) is -3.79. The molecule has 2 aliphatic rings. The van der Waals surface area contributed by atoms with E-state index in [1.54, 1.807) is 6.07 Å². The first-order valence-electron chi connectivity index (χ1n) is 11.1. The number of hydrogen-bond donors (Lipinski definition) is 4. The van der Waals surface area contributed by atoms with Crippen LogP contribution in [-0.4, -0.2) is 87.8 Å². The molecule has 12 nitrogen and oxygen atoms in total. The quantitative estimate of drug-likeness (QED) is 0.425. The number of urea groups is 1. The number of pyridine rings is 1. The van der Waals surface area contributed by atoms with Crippen molar-refractivity contribution in [3.63, 3.8) is 0 Å². The molecule has 1 saturated heterocycles. The first kappa shape index (κ1) is 25.4. The minimum absolute atomic E-state index is 0.0507. The summed E-state index contributed by atoms with van der Waals surface area (Å²) in [6, 6.07) is 1.25. The van der Waals surface area contributed by atoms with Crippen molar-refractivity contribution in [2.24, 2.45) is 0 Å². The third-order valence-electron chi connectivity index (χ3n) is 5.73. The third kappa shape index (κ3) is 5.41. The maximum atomic E-state index is 13.2. The zero-order valence-electron chi connectivity index (χ0n) is 19.1. The molecule has 36 heavy (non-hydrogen) atoms. The average molecular weight is 511 g/mol. The van der Waals surface area contributed by atoms with Crippen LogP contribution in [0, 0.1) is 0 Å². The van der Waals surface area contributed by atoms with Gasteiger partial charge in [0, 0.05) is 25.4 Å². The largest absolute Gasteiger partial charge is 0.475 e. The summed E-state index contributed by atoms with van der Waals surface area (Å²) in [4.78, 5) is 41.3. The molecule has 0 spiro atoms. The number of alkyl halides is 3. The summed E-state index contributed by atoms with van der Waals surface area (Å²) >= 11 is 0. The van der Waals surface area contributed by atoms with Crippen LogP contribution < -0.4 is 25.2 Å². The standard InChI is InChI=1S/C21H24F3N7O5/c1-11(21(22,23)24)26-18(34)14-2-3-15-17(27-14)31(12-5-7-30(15)8-12)20(35)29-19-25-6-4-16(28-19)36-10-13(33)9-32/h2-4,6,11-13,32-33H,5,7-10H2,1H3,(H,26,34)(H,25,28,29,35)/t11-,12?,13-/m1/s1. The summed E-state index contributed by atoms with van der Waals surface area (Å²) in [7, 11) is 0. The maximum absolute atomic E-state index is 13.2. The Balaban J connectivity index is 1.55. The molecule has 2 aromatic rings. The molecule has 0 aromatic carbocycles. The predicted octanol–water partition coefficient (Wildman–Crippen LogP) is 0.915. The highest BCUT2D eigenvalue weighted by Gasteiger charge is 2.41. The van der Waals surface area contributed by atoms with Gasteiger partial charge in [0.25, 0.3) is 5.91 Å². The SMILES string of the molecule is C[C@@H](NC(=O)c1ccc2c(n1)N(C(=O)Nc1nccc(OC[C@H](O)CO)n1)C1CCN2C1)C(F)(F)F. The number of fused-ring (bicyclic) bond motifs is 4. The summed E-state index contributed by atoms with van der Waals surface area (Å²) in [5, 5.41) is 22.7. The molecular weight excluding hydrogens is 487 g/mol. The van der Waals surface area contributed by atoms with Gasteiger partial charge >= 0.3 is 12.2 Å². The fourth-order valence-corrected chi connectivity index (χ4v) is 3.82. The van der Waals surface area contributed by atoms with Gasteiger partial charge in [-0.2, -0.15) is 18.2 Å². The van der Waals surface area contributed by atoms with Gasteiger partial charge < -0.3 is 25.2 Å². The second kappa shape index (κ2) is 10.1. The number of aliphatic hydroxyl groups excluding tert-OH is 2. The number of hydrogen-bond acceptors (Lipinski definition) is 9. The van der Waals surface area contributed by atoms with Crippen LogP contribution in [0.2, 0.25) is 0 Å². The van der Waals surface area contributed by atoms with E-state index in [0.29, 0.717) is 25.2 Å². The smallest absolute Gasteiger partial charge is 0.408 e. The van der Waals surface area contributed by atoms with Gasteiger partial charge in [-0.25, -0.2) is 14.8 Å². The first-order chi connectivity index (χ1) is 17.1. The zero-order valence-corrected chi connectivity index (χ0v) is 19.1. The Morgan fingerprint density at radius 2 is 2.06 bits per heavy atom. The second-order valence-corrected chi connectivity index (χ2v) is 8.33. The monoisotopic (exact) mass is 511 g/mol. The van der Waals surface area contributed by atoms with Gasteiger partial charge in [-0.05, 0) is 25.5 Å². The Labute approximate surface area is 203 Å². The van der Waals surface area contributed by atoms with Gasteiger partial charge in [-0.15, -0.1) is 0 Å². The van der Waals surface area contributed by atoms with Crippen molar-refractivity contribution in [2.75, 3.05) is 41.4 Å². The molecule has 3 atom stereocenters. The molecular formula is C21H24F3N7O5. The van der Waals surface area contributed by atoms with E-state index in [0.717, 1.165) is 6.92 Å². The number of carbonyl (C=O) groups excluding carboxylic acids is 2. The normalized spacial score (nSPS) is 18.3. The van der Waals surface area contributed by atoms with E-state index in [1.807, 2.05) is 10.2 Å². The van der Waals surface area contributed by atoms with Crippen molar-refractivity contribution < 1.29 is 37.7 Å². The topological polar surface area (TPSA) is 153 Å². The van der Waals surface area contributed by atoms with Gasteiger partial charge in [0.05, 0.1) is 18.3 Å². The number of nitrogens with one attached hydrogen (secondary N) is 2. The van der Waals surface area contributed by atoms with E-state index < -0.39 is 36.9 Å². The van der Waals surface area contributed by atoms with Crippen molar-refractivity contribution in [3.05, 3.63) is 30.1 Å². The highest BCUT2D eigenvalue weighted by atomic mass is 19.4. The highest BCUT2D eigenvalue weighted by molar-refractivity contribution is 6.04. The first-order valence-corrected chi connectivity index (χ1v) is 11.1. The fourth-order valence-electron chi connectivity index (χ4n) is 3.82. The van der Waals surface area contributed by atoms with E-state index in [4.69, 9.17) is 9.84 Å². The number of amides is 3. The van der Waals surface area contributed by atoms with Crippen LogP contribution in [0.5, 0.6) is 5.88 Å². The van der Waals surface area contributed by atoms with Crippen LogP contribution in [0.15, 0.2) is 24.4 Å². The van der Waals surface area contributed by atoms with E-state index in [-0.39, 0.29) is 36.0 Å². The molecule has 4 N–H and O–H groups in total. The molecule has 15 heteroatoms. The van der Waals surface area contributed by atoms with Crippen molar-refractivity contribution in [3.8, 4) is 5.88 Å². The molecule has 0 saturated carbocycles. The van der Waals surface area contributed by atoms with Gasteiger partial charge in [0.15, 0.2) is 5.82 Å². The lowest BCUT2D eigenvalue weighted by Crippen LogP contribution is -2.49. The minimum Gasteiger partial charge on any atom is -0.475 e. The Kier molecular flexibility index (Phi) is 7.12. The predicted molar refractivity (Wildman–Crippen MR) is 120 cm³/mol. The van der Waals surface area contributed by atoms with Crippen LogP contribution in [-0.2, 0) is 0 Å². The third-order valence-corrected chi connectivity index (χ3v) is 5.73. The molecule has 0 aliphatic carbocycles. The van der Waals surface area contributed by atoms with Crippen LogP contribution in [0.4, 0.5) is 35.4 Å². The molecule has 2 bridgehead atoms. The molecule has 2 aromatic heterocycles. The van der Waals surface area contributed by atoms with Crippen LogP contribution in [0.25, 0.3) is 0 Å². The number of anilines is 3. The molecule has 0 radical (unpaired) electrons. The average Bonchev–Trinajstić information content (AvgIpc) is 3.25. The van der Waals surface area contributed by atoms with E-state index in [2.05, 4.69) is 20.3 Å². The molecule has 4 rings (SSSR count). The van der Waals surface area contributed by atoms with Gasteiger partial charge in [0.2, 0.25) is 11.8 Å². The minimum atomic E-state index is -4.62. The van der Waals surface area contributed by atoms with Crippen molar-refractivity contribution in [1.82, 2.24) is 20.3 Å². The highest BCUT2D eigenvalue weighted by Crippen LogP contribution is 2.39. The van der Waals surface area contributed by atoms with Gasteiger partial charge in [-0.1, -0.05) is 0 Å². The van der Waals surface area contributed by atoms with E-state index >= 15 is 0 Å². The Bertz CT molecular complexity index is 1140. The number of halogens is 3. The lowest BCUT2D eigenvalue weighted by molar-refractivity contribution is -0.149. The summed E-state index contributed by atoms with van der Waals surface area (Å²) in [5.74, 6) is -0.943. The number of nitrogens with zero attached hydrogens (tertiary/aromatic N) is 5. The molecule has 2 aliphatic heterocycles. The Hall–Kier alpha value is -3.72. The summed E-state index contributed by atoms with van der Waals surface area (Å²) < 4.78 is 43.9. The molecule has 3 amide bonds. The van der Waals surface area contributed by atoms with Gasteiger partial charge in [0.1, 0.15) is 24.4 Å². The number of aliphatic hydroxyl groups is 2. The number of ether oxygens (including phenoxy) is 1. The lowest BCUT2D eigenvalue weighted by Gasteiger charge is -2.35. The van der Waals surface area contributed by atoms with Crippen molar-refractivity contribution in [2.45, 2.75) is 37.7 Å². The number of aromatic nitrogens is 3. The molecule has 1 fully saturated rings. The fraction of sp³-hybridized carbons (Fsp3) is 0.476. The van der Waals surface area contributed by atoms with E-state index in [9.17, 15) is 27.9 Å². The molecule has 1 unspecified atom stereocenters. The number of rotatable bonds is 7. The van der Waals surface area contributed by atoms with Crippen LogP contribution >= 0.6 is 0 Å². The second-order valence-electron chi connectivity index (χ2n) is 8.33. The maximum Gasteiger partial charge on any atom is 0.408 e. The summed E-state index contributed by atoms with van der Waals surface area (Å²) in [6.45, 7) is 1.25.